The Hall–Kier alpha value is -1.37. The summed E-state index contributed by atoms with van der Waals surface area (Å²) in [5.41, 5.74) is 1.50. The van der Waals surface area contributed by atoms with Crippen molar-refractivity contribution in [2.45, 2.75) is 44.8 Å². The van der Waals surface area contributed by atoms with Crippen molar-refractivity contribution >= 4 is 0 Å². The molecule has 1 aliphatic carbocycles. The van der Waals surface area contributed by atoms with Crippen LogP contribution in [0.2, 0.25) is 0 Å². The van der Waals surface area contributed by atoms with Crippen LogP contribution in [0, 0.1) is 17.2 Å². The van der Waals surface area contributed by atoms with Gasteiger partial charge in [0.15, 0.2) is 0 Å². The lowest BCUT2D eigenvalue weighted by atomic mass is 9.87. The van der Waals surface area contributed by atoms with E-state index in [2.05, 4.69) is 18.3 Å². The van der Waals surface area contributed by atoms with E-state index < -0.39 is 6.10 Å². The number of aliphatic hydroxyl groups excluding tert-OH is 1. The van der Waals surface area contributed by atoms with E-state index in [1.165, 1.54) is 25.7 Å². The summed E-state index contributed by atoms with van der Waals surface area (Å²) in [4.78, 5) is 0. The molecule has 0 aromatic heterocycles. The highest BCUT2D eigenvalue weighted by Crippen LogP contribution is 2.24. The largest absolute Gasteiger partial charge is 0.387 e. The van der Waals surface area contributed by atoms with Crippen molar-refractivity contribution in [3.8, 4) is 6.07 Å². The van der Waals surface area contributed by atoms with E-state index in [1.54, 1.807) is 12.1 Å². The van der Waals surface area contributed by atoms with Crippen molar-refractivity contribution < 1.29 is 5.11 Å². The molecular weight excluding hydrogens is 236 g/mol. The van der Waals surface area contributed by atoms with E-state index in [-0.39, 0.29) is 0 Å². The molecule has 3 atom stereocenters. The van der Waals surface area contributed by atoms with E-state index in [0.717, 1.165) is 11.5 Å². The number of hydrogen-bond acceptors (Lipinski definition) is 3. The molecule has 0 amide bonds. The van der Waals surface area contributed by atoms with Crippen molar-refractivity contribution in [3.63, 3.8) is 0 Å². The van der Waals surface area contributed by atoms with E-state index >= 15 is 0 Å². The van der Waals surface area contributed by atoms with Gasteiger partial charge < -0.3 is 10.4 Å². The molecule has 1 fully saturated rings. The van der Waals surface area contributed by atoms with Crippen LogP contribution in [0.25, 0.3) is 0 Å². The van der Waals surface area contributed by atoms with Crippen molar-refractivity contribution in [3.05, 3.63) is 35.4 Å². The van der Waals surface area contributed by atoms with Crippen molar-refractivity contribution in [1.29, 1.82) is 5.26 Å². The van der Waals surface area contributed by atoms with Gasteiger partial charge >= 0.3 is 0 Å². The number of nitrogens with zero attached hydrogens (tertiary/aromatic N) is 1. The maximum absolute atomic E-state index is 10.1. The predicted molar refractivity (Wildman–Crippen MR) is 75.5 cm³/mol. The summed E-state index contributed by atoms with van der Waals surface area (Å²) in [6.07, 6.45) is 4.54. The third kappa shape index (κ3) is 4.05. The Kier molecular flexibility index (Phi) is 4.95. The molecule has 0 spiro atoms. The third-order valence-electron chi connectivity index (χ3n) is 3.96. The Morgan fingerprint density at radius 2 is 2.11 bits per heavy atom. The summed E-state index contributed by atoms with van der Waals surface area (Å²) in [6, 6.07) is 9.78. The molecular formula is C16H22N2O. The molecule has 1 aromatic rings. The number of nitrogens with one attached hydrogen (secondary N) is 1. The Morgan fingerprint density at radius 3 is 2.74 bits per heavy atom. The summed E-state index contributed by atoms with van der Waals surface area (Å²) >= 11 is 0. The molecule has 2 rings (SSSR count). The summed E-state index contributed by atoms with van der Waals surface area (Å²) < 4.78 is 0. The minimum Gasteiger partial charge on any atom is -0.387 e. The Morgan fingerprint density at radius 1 is 1.37 bits per heavy atom. The number of aliphatic hydroxyl groups is 1. The smallest absolute Gasteiger partial charge is 0.0991 e. The van der Waals surface area contributed by atoms with E-state index in [4.69, 9.17) is 5.26 Å². The predicted octanol–water partition coefficient (Wildman–Crippen LogP) is 2.76. The van der Waals surface area contributed by atoms with Gasteiger partial charge in [-0.25, -0.2) is 0 Å². The van der Waals surface area contributed by atoms with Crippen LogP contribution in [0.4, 0.5) is 0 Å². The van der Waals surface area contributed by atoms with Gasteiger partial charge in [0.05, 0.1) is 17.7 Å². The molecule has 0 radical (unpaired) electrons. The van der Waals surface area contributed by atoms with Crippen LogP contribution in [0.3, 0.4) is 0 Å². The minimum absolute atomic E-state index is 0.495. The quantitative estimate of drug-likeness (QED) is 0.873. The average Bonchev–Trinajstić information content (AvgIpc) is 2.45. The fraction of sp³-hybridized carbons (Fsp3) is 0.562. The van der Waals surface area contributed by atoms with E-state index in [9.17, 15) is 5.11 Å². The van der Waals surface area contributed by atoms with Crippen LogP contribution in [0.1, 0.15) is 49.8 Å². The molecule has 1 aliphatic rings. The minimum atomic E-state index is -0.495. The third-order valence-corrected chi connectivity index (χ3v) is 3.96. The number of rotatable bonds is 4. The number of hydrogen-bond donors (Lipinski definition) is 2. The zero-order valence-corrected chi connectivity index (χ0v) is 11.5. The fourth-order valence-electron chi connectivity index (χ4n) is 2.80. The van der Waals surface area contributed by atoms with Gasteiger partial charge in [-0.15, -0.1) is 0 Å². The molecule has 3 unspecified atom stereocenters. The van der Waals surface area contributed by atoms with Crippen LogP contribution < -0.4 is 5.32 Å². The lowest BCUT2D eigenvalue weighted by molar-refractivity contribution is 0.162. The zero-order valence-electron chi connectivity index (χ0n) is 11.5. The molecule has 0 saturated heterocycles. The molecule has 19 heavy (non-hydrogen) atoms. The second-order valence-electron chi connectivity index (χ2n) is 5.63. The van der Waals surface area contributed by atoms with Gasteiger partial charge in [-0.3, -0.25) is 0 Å². The molecule has 0 heterocycles. The van der Waals surface area contributed by atoms with Crippen LogP contribution in [-0.4, -0.2) is 17.7 Å². The lowest BCUT2D eigenvalue weighted by Crippen LogP contribution is -2.36. The van der Waals surface area contributed by atoms with Gasteiger partial charge in [0.25, 0.3) is 0 Å². The second kappa shape index (κ2) is 6.70. The first-order valence-electron chi connectivity index (χ1n) is 7.10. The zero-order chi connectivity index (χ0) is 13.7. The fourth-order valence-corrected chi connectivity index (χ4v) is 2.80. The first-order chi connectivity index (χ1) is 9.19. The summed E-state index contributed by atoms with van der Waals surface area (Å²) in [7, 11) is 0. The van der Waals surface area contributed by atoms with E-state index in [0.29, 0.717) is 18.2 Å². The summed E-state index contributed by atoms with van der Waals surface area (Å²) in [5.74, 6) is 0.790. The SMILES string of the molecule is CC1CCCC(NCC(O)c2ccc(C#N)cc2)C1. The topological polar surface area (TPSA) is 56.0 Å². The standard InChI is InChI=1S/C16H22N2O/c1-12-3-2-4-15(9-12)18-11-16(19)14-7-5-13(10-17)6-8-14/h5-8,12,15-16,18-19H,2-4,9,11H2,1H3. The maximum Gasteiger partial charge on any atom is 0.0991 e. The Balaban J connectivity index is 1.83. The second-order valence-corrected chi connectivity index (χ2v) is 5.63. The first-order valence-corrected chi connectivity index (χ1v) is 7.10. The van der Waals surface area contributed by atoms with Crippen molar-refractivity contribution in [1.82, 2.24) is 5.32 Å². The number of benzene rings is 1. The Labute approximate surface area is 115 Å². The van der Waals surface area contributed by atoms with Gasteiger partial charge in [0.1, 0.15) is 0 Å². The van der Waals surface area contributed by atoms with Crippen LogP contribution in [0.5, 0.6) is 0 Å². The molecule has 0 bridgehead atoms. The molecule has 0 aliphatic heterocycles. The highest BCUT2D eigenvalue weighted by molar-refractivity contribution is 5.32. The number of nitriles is 1. The van der Waals surface area contributed by atoms with Gasteiger partial charge in [0, 0.05) is 12.6 Å². The first kappa shape index (κ1) is 14.0. The lowest BCUT2D eigenvalue weighted by Gasteiger charge is -2.28. The summed E-state index contributed by atoms with van der Waals surface area (Å²) in [6.45, 7) is 2.88. The van der Waals surface area contributed by atoms with Gasteiger partial charge in [0.2, 0.25) is 0 Å². The van der Waals surface area contributed by atoms with Crippen molar-refractivity contribution in [2.24, 2.45) is 5.92 Å². The molecule has 2 N–H and O–H groups in total. The molecule has 1 aromatic carbocycles. The van der Waals surface area contributed by atoms with Gasteiger partial charge in [-0.05, 0) is 36.5 Å². The highest BCUT2D eigenvalue weighted by Gasteiger charge is 2.19. The van der Waals surface area contributed by atoms with Crippen LogP contribution in [-0.2, 0) is 0 Å². The molecule has 102 valence electrons. The summed E-state index contributed by atoms with van der Waals surface area (Å²) in [5, 5.41) is 22.3. The molecule has 3 heteroatoms. The van der Waals surface area contributed by atoms with Crippen LogP contribution >= 0.6 is 0 Å². The van der Waals surface area contributed by atoms with E-state index in [1.807, 2.05) is 12.1 Å². The van der Waals surface area contributed by atoms with Crippen LogP contribution in [0.15, 0.2) is 24.3 Å². The van der Waals surface area contributed by atoms with Gasteiger partial charge in [-0.2, -0.15) is 5.26 Å². The maximum atomic E-state index is 10.1. The van der Waals surface area contributed by atoms with Crippen molar-refractivity contribution in [2.75, 3.05) is 6.54 Å². The normalized spacial score (nSPS) is 24.7. The average molecular weight is 258 g/mol. The molecule has 3 nitrogen and oxygen atoms in total. The van der Waals surface area contributed by atoms with Gasteiger partial charge in [-0.1, -0.05) is 31.9 Å². The Bertz CT molecular complexity index is 435. The molecule has 1 saturated carbocycles. The monoisotopic (exact) mass is 258 g/mol. The highest BCUT2D eigenvalue weighted by atomic mass is 16.3.